The summed E-state index contributed by atoms with van der Waals surface area (Å²) in [5.74, 6) is 0. The lowest BCUT2D eigenvalue weighted by atomic mass is 10.1. The SMILES string of the molecule is CCc1ccc(-n2c(=O)c(-c3c[nH]n(C)c(=O)c3=O)nn(C)c2=O)cc1. The molecule has 0 amide bonds. The molecule has 0 bridgehead atoms. The molecule has 2 heterocycles. The molecule has 0 spiro atoms. The molecule has 134 valence electrons. The third-order valence-electron chi connectivity index (χ3n) is 4.13. The van der Waals surface area contributed by atoms with E-state index in [1.807, 2.05) is 19.1 Å². The maximum Gasteiger partial charge on any atom is 0.351 e. The monoisotopic (exact) mass is 355 g/mol. The summed E-state index contributed by atoms with van der Waals surface area (Å²) in [5, 5.41) is 6.47. The molecule has 0 aliphatic heterocycles. The van der Waals surface area contributed by atoms with Crippen molar-refractivity contribution in [1.29, 1.82) is 0 Å². The maximum absolute atomic E-state index is 12.9. The molecule has 3 aromatic rings. The standard InChI is InChI=1S/C17H17N5O4/c1-4-10-5-7-11(8-6-10)22-15(24)13(19-21(3)17(22)26)12-9-18-20(2)16(25)14(12)23/h5-9,18H,4H2,1-3H3. The largest absolute Gasteiger partial charge is 0.351 e. The van der Waals surface area contributed by atoms with E-state index in [1.165, 1.54) is 20.3 Å². The van der Waals surface area contributed by atoms with Crippen LogP contribution in [0.3, 0.4) is 0 Å². The summed E-state index contributed by atoms with van der Waals surface area (Å²) in [5.41, 5.74) is -2.16. The fourth-order valence-electron chi connectivity index (χ4n) is 2.58. The van der Waals surface area contributed by atoms with Crippen LogP contribution >= 0.6 is 0 Å². The highest BCUT2D eigenvalue weighted by Crippen LogP contribution is 2.09. The van der Waals surface area contributed by atoms with Gasteiger partial charge in [-0.25, -0.2) is 14.0 Å². The van der Waals surface area contributed by atoms with E-state index in [0.717, 1.165) is 25.9 Å². The highest BCUT2D eigenvalue weighted by atomic mass is 16.2. The van der Waals surface area contributed by atoms with Gasteiger partial charge in [-0.3, -0.25) is 19.1 Å². The summed E-state index contributed by atoms with van der Waals surface area (Å²) >= 11 is 0. The second kappa shape index (κ2) is 6.43. The van der Waals surface area contributed by atoms with E-state index in [2.05, 4.69) is 10.2 Å². The zero-order valence-corrected chi connectivity index (χ0v) is 14.5. The van der Waals surface area contributed by atoms with E-state index in [9.17, 15) is 19.2 Å². The summed E-state index contributed by atoms with van der Waals surface area (Å²) in [6, 6.07) is 6.93. The molecule has 9 nitrogen and oxygen atoms in total. The predicted molar refractivity (Wildman–Crippen MR) is 95.8 cm³/mol. The van der Waals surface area contributed by atoms with Gasteiger partial charge in [0.2, 0.25) is 0 Å². The highest BCUT2D eigenvalue weighted by molar-refractivity contribution is 5.56. The number of aromatic amines is 1. The predicted octanol–water partition coefficient (Wildman–Crippen LogP) is -0.452. The Morgan fingerprint density at radius 3 is 2.27 bits per heavy atom. The minimum Gasteiger partial charge on any atom is -0.302 e. The van der Waals surface area contributed by atoms with Crippen LogP contribution in [-0.2, 0) is 20.5 Å². The van der Waals surface area contributed by atoms with Crippen LogP contribution in [0.1, 0.15) is 12.5 Å². The molecule has 1 aromatic carbocycles. The molecule has 0 aliphatic rings. The first-order valence-electron chi connectivity index (χ1n) is 7.94. The van der Waals surface area contributed by atoms with Crippen LogP contribution in [0.15, 0.2) is 49.6 Å². The number of H-pyrrole nitrogens is 1. The quantitative estimate of drug-likeness (QED) is 0.640. The Balaban J connectivity index is 2.34. The van der Waals surface area contributed by atoms with Gasteiger partial charge in [-0.2, -0.15) is 5.10 Å². The molecular weight excluding hydrogens is 338 g/mol. The molecule has 0 atom stereocenters. The van der Waals surface area contributed by atoms with Crippen LogP contribution in [0, 0.1) is 0 Å². The third kappa shape index (κ3) is 2.73. The maximum atomic E-state index is 12.9. The normalized spacial score (nSPS) is 10.9. The molecule has 0 fully saturated rings. The summed E-state index contributed by atoms with van der Waals surface area (Å²) in [6.07, 6.45) is 2.04. The summed E-state index contributed by atoms with van der Waals surface area (Å²) in [7, 11) is 2.76. The lowest BCUT2D eigenvalue weighted by molar-refractivity contribution is 0.634. The topological polar surface area (TPSA) is 112 Å². The molecule has 9 heteroatoms. The Bertz CT molecular complexity index is 1210. The van der Waals surface area contributed by atoms with Crippen LogP contribution < -0.4 is 22.2 Å². The van der Waals surface area contributed by atoms with E-state index in [1.54, 1.807) is 12.1 Å². The van der Waals surface area contributed by atoms with Gasteiger partial charge in [0, 0.05) is 20.3 Å². The van der Waals surface area contributed by atoms with Crippen molar-refractivity contribution in [3.05, 3.63) is 77.4 Å². The van der Waals surface area contributed by atoms with E-state index in [-0.39, 0.29) is 11.3 Å². The number of benzene rings is 1. The number of aromatic nitrogens is 5. The van der Waals surface area contributed by atoms with Gasteiger partial charge in [0.15, 0.2) is 5.69 Å². The molecule has 0 saturated carbocycles. The number of hydrogen-bond acceptors (Lipinski definition) is 5. The Hall–Kier alpha value is -3.49. The zero-order valence-electron chi connectivity index (χ0n) is 14.5. The molecule has 2 aromatic heterocycles. The van der Waals surface area contributed by atoms with Gasteiger partial charge in [0.25, 0.3) is 11.0 Å². The number of nitrogens with one attached hydrogen (secondary N) is 1. The smallest absolute Gasteiger partial charge is 0.302 e. The van der Waals surface area contributed by atoms with E-state index >= 15 is 0 Å². The van der Waals surface area contributed by atoms with Crippen molar-refractivity contribution >= 4 is 0 Å². The second-order valence-corrected chi connectivity index (χ2v) is 5.80. The van der Waals surface area contributed by atoms with E-state index in [0.29, 0.717) is 5.69 Å². The molecule has 0 saturated heterocycles. The zero-order chi connectivity index (χ0) is 19.0. The van der Waals surface area contributed by atoms with Gasteiger partial charge >= 0.3 is 11.2 Å². The van der Waals surface area contributed by atoms with Gasteiger partial charge in [-0.1, -0.05) is 19.1 Å². The fraction of sp³-hybridized carbons (Fsp3) is 0.235. The first-order valence-corrected chi connectivity index (χ1v) is 7.94. The average Bonchev–Trinajstić information content (AvgIpc) is 2.64. The molecule has 26 heavy (non-hydrogen) atoms. The van der Waals surface area contributed by atoms with Crippen molar-refractivity contribution in [2.24, 2.45) is 14.1 Å². The first kappa shape index (κ1) is 17.3. The molecular formula is C17H17N5O4. The van der Waals surface area contributed by atoms with Crippen molar-refractivity contribution in [1.82, 2.24) is 24.1 Å². The number of nitrogens with zero attached hydrogens (tertiary/aromatic N) is 4. The Kier molecular flexibility index (Phi) is 4.29. The van der Waals surface area contributed by atoms with Gasteiger partial charge in [0.05, 0.1) is 11.3 Å². The van der Waals surface area contributed by atoms with Crippen molar-refractivity contribution < 1.29 is 0 Å². The van der Waals surface area contributed by atoms with Crippen molar-refractivity contribution in [3.63, 3.8) is 0 Å². The summed E-state index contributed by atoms with van der Waals surface area (Å²) < 4.78 is 2.88. The van der Waals surface area contributed by atoms with Crippen molar-refractivity contribution in [2.75, 3.05) is 0 Å². The number of hydrogen-bond donors (Lipinski definition) is 1. The van der Waals surface area contributed by atoms with Crippen LogP contribution in [0.4, 0.5) is 0 Å². The van der Waals surface area contributed by atoms with Crippen LogP contribution in [0.5, 0.6) is 0 Å². The van der Waals surface area contributed by atoms with Crippen molar-refractivity contribution in [3.8, 4) is 16.9 Å². The third-order valence-corrected chi connectivity index (χ3v) is 4.13. The molecule has 0 radical (unpaired) electrons. The first-order chi connectivity index (χ1) is 12.3. The average molecular weight is 355 g/mol. The van der Waals surface area contributed by atoms with Gasteiger partial charge in [-0.05, 0) is 24.1 Å². The minimum atomic E-state index is -0.873. The molecule has 0 aliphatic carbocycles. The van der Waals surface area contributed by atoms with Crippen LogP contribution in [0.2, 0.25) is 0 Å². The molecule has 3 rings (SSSR count). The lowest BCUT2D eigenvalue weighted by Gasteiger charge is -2.10. The Morgan fingerprint density at radius 1 is 1.00 bits per heavy atom. The minimum absolute atomic E-state index is 0.187. The van der Waals surface area contributed by atoms with Crippen molar-refractivity contribution in [2.45, 2.75) is 13.3 Å². The molecule has 1 N–H and O–H groups in total. The lowest BCUT2D eigenvalue weighted by Crippen LogP contribution is -2.42. The van der Waals surface area contributed by atoms with Gasteiger partial charge in [-0.15, -0.1) is 0 Å². The highest BCUT2D eigenvalue weighted by Gasteiger charge is 2.18. The van der Waals surface area contributed by atoms with E-state index < -0.39 is 22.2 Å². The van der Waals surface area contributed by atoms with E-state index in [4.69, 9.17) is 0 Å². The number of rotatable bonds is 3. The van der Waals surface area contributed by atoms with Gasteiger partial charge in [0.1, 0.15) is 0 Å². The fourth-order valence-corrected chi connectivity index (χ4v) is 2.58. The van der Waals surface area contributed by atoms with Crippen LogP contribution in [-0.4, -0.2) is 24.1 Å². The molecule has 0 unspecified atom stereocenters. The van der Waals surface area contributed by atoms with Crippen LogP contribution in [0.25, 0.3) is 16.9 Å². The Morgan fingerprint density at radius 2 is 1.65 bits per heavy atom. The summed E-state index contributed by atoms with van der Waals surface area (Å²) in [4.78, 5) is 49.4. The Labute approximate surface area is 146 Å². The number of aryl methyl sites for hydroxylation is 3. The second-order valence-electron chi connectivity index (χ2n) is 5.80. The summed E-state index contributed by atoms with van der Waals surface area (Å²) in [6.45, 7) is 1.99. The van der Waals surface area contributed by atoms with Gasteiger partial charge < -0.3 is 5.10 Å².